The normalized spacial score (nSPS) is 23.1. The first-order valence-electron chi connectivity index (χ1n) is 11.1. The third-order valence-corrected chi connectivity index (χ3v) is 5.99. The Morgan fingerprint density at radius 3 is 2.69 bits per heavy atom. The Morgan fingerprint density at radius 2 is 1.93 bits per heavy atom. The fourth-order valence-electron chi connectivity index (χ4n) is 4.35. The minimum absolute atomic E-state index is 0.148. The number of carbonyl (C=O) groups excluding carboxylic acids is 1. The maximum absolute atomic E-state index is 12.6. The number of ether oxygens (including phenoxy) is 1. The monoisotopic (exact) mass is 403 g/mol. The molecule has 1 unspecified atom stereocenters. The maximum Gasteiger partial charge on any atom is 0.251 e. The number of hydrogen-bond acceptors (Lipinski definition) is 5. The predicted molar refractivity (Wildman–Crippen MR) is 110 cm³/mol. The van der Waals surface area contributed by atoms with Crippen molar-refractivity contribution in [2.45, 2.75) is 64.6 Å². The van der Waals surface area contributed by atoms with Crippen LogP contribution >= 0.6 is 0 Å². The van der Waals surface area contributed by atoms with Crippen LogP contribution in [-0.4, -0.2) is 81.9 Å². The summed E-state index contributed by atoms with van der Waals surface area (Å²) in [7, 11) is 0. The topological polar surface area (TPSA) is 87.9 Å². The van der Waals surface area contributed by atoms with E-state index in [2.05, 4.69) is 31.9 Å². The summed E-state index contributed by atoms with van der Waals surface area (Å²) in [5, 5.41) is 12.2. The Morgan fingerprint density at radius 1 is 1.10 bits per heavy atom. The minimum atomic E-state index is -0.230. The highest BCUT2D eigenvalue weighted by atomic mass is 16.5. The fourth-order valence-corrected chi connectivity index (χ4v) is 4.35. The summed E-state index contributed by atoms with van der Waals surface area (Å²) in [5.41, 5.74) is 0. The summed E-state index contributed by atoms with van der Waals surface area (Å²) >= 11 is 0. The van der Waals surface area contributed by atoms with E-state index < -0.39 is 0 Å². The molecule has 1 atom stereocenters. The van der Waals surface area contributed by atoms with E-state index in [-0.39, 0.29) is 12.0 Å². The zero-order chi connectivity index (χ0) is 20.1. The molecule has 160 valence electrons. The van der Waals surface area contributed by atoms with Crippen LogP contribution in [0.15, 0.2) is 4.99 Å². The van der Waals surface area contributed by atoms with Crippen molar-refractivity contribution in [3.8, 4) is 0 Å². The average Bonchev–Trinajstić information content (AvgIpc) is 3.36. The van der Waals surface area contributed by atoms with Gasteiger partial charge in [-0.25, -0.2) is 4.99 Å². The number of aliphatic imine (C=N–C) groups is 1. The molecule has 0 spiro atoms. The van der Waals surface area contributed by atoms with Gasteiger partial charge in [0.2, 0.25) is 0 Å². The molecule has 0 radical (unpaired) electrons. The molecule has 0 aromatic carbocycles. The van der Waals surface area contributed by atoms with Crippen molar-refractivity contribution >= 4 is 11.9 Å². The number of carbonyl (C=O) groups is 1. The molecular weight excluding hydrogens is 370 g/mol. The molecule has 9 nitrogen and oxygen atoms in total. The average molecular weight is 404 g/mol. The lowest BCUT2D eigenvalue weighted by Gasteiger charge is -2.37. The van der Waals surface area contributed by atoms with Crippen molar-refractivity contribution in [3.63, 3.8) is 0 Å². The molecule has 3 aliphatic rings. The van der Waals surface area contributed by atoms with Crippen molar-refractivity contribution in [3.05, 3.63) is 11.6 Å². The molecule has 1 N–H and O–H groups in total. The van der Waals surface area contributed by atoms with E-state index in [9.17, 15) is 4.79 Å². The lowest BCUT2D eigenvalue weighted by Crippen LogP contribution is -2.55. The molecule has 0 saturated carbocycles. The second-order valence-electron chi connectivity index (χ2n) is 7.98. The summed E-state index contributed by atoms with van der Waals surface area (Å²) in [6.07, 6.45) is 6.25. The Hall–Kier alpha value is -2.16. The largest absolute Gasteiger partial charge is 0.368 e. The van der Waals surface area contributed by atoms with Gasteiger partial charge in [0.1, 0.15) is 18.5 Å². The number of aromatic nitrogens is 3. The molecular formula is C20H33N7O2. The molecule has 2 fully saturated rings. The molecule has 1 aromatic rings. The van der Waals surface area contributed by atoms with Crippen LogP contribution in [0.1, 0.15) is 50.7 Å². The minimum Gasteiger partial charge on any atom is -0.368 e. The zero-order valence-electron chi connectivity index (χ0n) is 17.5. The lowest BCUT2D eigenvalue weighted by atomic mass is 10.2. The van der Waals surface area contributed by atoms with E-state index in [1.54, 1.807) is 0 Å². The highest BCUT2D eigenvalue weighted by Gasteiger charge is 2.31. The number of aryl methyl sites for hydroxylation is 1. The molecule has 1 aromatic heterocycles. The van der Waals surface area contributed by atoms with Gasteiger partial charge in [-0.3, -0.25) is 4.79 Å². The van der Waals surface area contributed by atoms with E-state index in [0.717, 1.165) is 63.0 Å². The third-order valence-electron chi connectivity index (χ3n) is 5.99. The molecule has 0 bridgehead atoms. The molecule has 3 aliphatic heterocycles. The van der Waals surface area contributed by atoms with E-state index in [4.69, 9.17) is 9.73 Å². The highest BCUT2D eigenvalue weighted by Crippen LogP contribution is 2.17. The van der Waals surface area contributed by atoms with Crippen LogP contribution in [0.3, 0.4) is 0 Å². The fraction of sp³-hybridized carbons (Fsp3) is 0.800. The molecule has 2 saturated heterocycles. The zero-order valence-corrected chi connectivity index (χ0v) is 17.5. The SMILES string of the molecule is CCNC(=NCc1nnc2n1CCCCC2)N1CCN(C(=O)C2CCCO2)CC1. The van der Waals surface area contributed by atoms with Crippen molar-refractivity contribution in [2.75, 3.05) is 39.3 Å². The van der Waals surface area contributed by atoms with Crippen LogP contribution in [0.25, 0.3) is 0 Å². The van der Waals surface area contributed by atoms with Crippen LogP contribution in [0.4, 0.5) is 0 Å². The van der Waals surface area contributed by atoms with Gasteiger partial charge in [0.25, 0.3) is 5.91 Å². The van der Waals surface area contributed by atoms with Crippen molar-refractivity contribution < 1.29 is 9.53 Å². The second-order valence-corrected chi connectivity index (χ2v) is 7.98. The number of fused-ring (bicyclic) bond motifs is 1. The van der Waals surface area contributed by atoms with E-state index in [0.29, 0.717) is 26.2 Å². The number of guanidine groups is 1. The second kappa shape index (κ2) is 9.56. The Balaban J connectivity index is 1.37. The van der Waals surface area contributed by atoms with Gasteiger partial charge < -0.3 is 24.4 Å². The quantitative estimate of drug-likeness (QED) is 0.591. The summed E-state index contributed by atoms with van der Waals surface area (Å²) in [5.74, 6) is 3.08. The van der Waals surface area contributed by atoms with Gasteiger partial charge in [-0.1, -0.05) is 6.42 Å². The van der Waals surface area contributed by atoms with E-state index in [1.165, 1.54) is 19.3 Å². The Labute approximate surface area is 172 Å². The summed E-state index contributed by atoms with van der Waals surface area (Å²) in [6.45, 7) is 8.11. The van der Waals surface area contributed by atoms with Gasteiger partial charge >= 0.3 is 0 Å². The predicted octanol–water partition coefficient (Wildman–Crippen LogP) is 0.793. The first-order chi connectivity index (χ1) is 14.3. The Kier molecular flexibility index (Phi) is 6.63. The van der Waals surface area contributed by atoms with Crippen LogP contribution in [-0.2, 0) is 29.0 Å². The van der Waals surface area contributed by atoms with Crippen molar-refractivity contribution in [1.82, 2.24) is 29.9 Å². The van der Waals surface area contributed by atoms with Gasteiger partial charge in [-0.15, -0.1) is 10.2 Å². The van der Waals surface area contributed by atoms with Gasteiger partial charge in [-0.2, -0.15) is 0 Å². The third kappa shape index (κ3) is 4.71. The molecule has 9 heteroatoms. The van der Waals surface area contributed by atoms with E-state index in [1.807, 2.05) is 4.90 Å². The first-order valence-corrected chi connectivity index (χ1v) is 11.1. The summed E-state index contributed by atoms with van der Waals surface area (Å²) in [4.78, 5) is 21.6. The van der Waals surface area contributed by atoms with E-state index >= 15 is 0 Å². The van der Waals surface area contributed by atoms with Crippen LogP contribution in [0, 0.1) is 0 Å². The maximum atomic E-state index is 12.6. The molecule has 4 heterocycles. The van der Waals surface area contributed by atoms with Crippen LogP contribution in [0.2, 0.25) is 0 Å². The van der Waals surface area contributed by atoms with Crippen molar-refractivity contribution in [2.24, 2.45) is 4.99 Å². The highest BCUT2D eigenvalue weighted by molar-refractivity contribution is 5.82. The molecule has 1 amide bonds. The molecule has 29 heavy (non-hydrogen) atoms. The molecule has 4 rings (SSSR count). The van der Waals surface area contributed by atoms with Crippen molar-refractivity contribution in [1.29, 1.82) is 0 Å². The molecule has 0 aliphatic carbocycles. The first kappa shape index (κ1) is 20.1. The number of amides is 1. The van der Waals surface area contributed by atoms with Crippen LogP contribution < -0.4 is 5.32 Å². The number of rotatable bonds is 4. The number of nitrogens with zero attached hydrogens (tertiary/aromatic N) is 6. The summed E-state index contributed by atoms with van der Waals surface area (Å²) in [6, 6.07) is 0. The van der Waals surface area contributed by atoms with Crippen LogP contribution in [0.5, 0.6) is 0 Å². The standard InChI is InChI=1S/C20H33N7O2/c1-2-21-20(22-15-18-24-23-17-8-4-3-5-9-27(17)18)26-12-10-25(11-13-26)19(28)16-7-6-14-29-16/h16H,2-15H2,1H3,(H,21,22). The van der Waals surface area contributed by atoms with Gasteiger partial charge in [0.15, 0.2) is 11.8 Å². The number of nitrogens with one attached hydrogen (secondary N) is 1. The summed E-state index contributed by atoms with van der Waals surface area (Å²) < 4.78 is 7.81. The lowest BCUT2D eigenvalue weighted by molar-refractivity contribution is -0.142. The smallest absolute Gasteiger partial charge is 0.251 e. The van der Waals surface area contributed by atoms with Gasteiger partial charge in [-0.05, 0) is 32.6 Å². The number of hydrogen-bond donors (Lipinski definition) is 1. The van der Waals surface area contributed by atoms with Gasteiger partial charge in [0, 0.05) is 52.3 Å². The van der Waals surface area contributed by atoms with Gasteiger partial charge in [0.05, 0.1) is 0 Å². The Bertz CT molecular complexity index is 718. The number of piperazine rings is 1.